The predicted molar refractivity (Wildman–Crippen MR) is 240 cm³/mol. The number of alkyl carbamates (subject to hydrolysis) is 2. The Morgan fingerprint density at radius 1 is 0.800 bits per heavy atom. The SMILES string of the molecule is CCC(CCCC1CCC2C3CC=C4CC(OC(=O)CCC(=O)N(CCC(C)NC(=O)OC(C)(C)C)CCC(C)NC(=O)OC(C)(C)C)CCC4(C)C3CCC12C)C(C)C. The van der Waals surface area contributed by atoms with Gasteiger partial charge in [-0.2, -0.15) is 0 Å². The Kier molecular flexibility index (Phi) is 17.5. The first kappa shape index (κ1) is 49.9. The number of allylic oxidation sites excluding steroid dienone is 1. The molecule has 0 aromatic heterocycles. The number of hydrogen-bond donors (Lipinski definition) is 2. The third-order valence-corrected chi connectivity index (χ3v) is 15.2. The van der Waals surface area contributed by atoms with Gasteiger partial charge in [-0.05, 0) is 166 Å². The van der Waals surface area contributed by atoms with Crippen molar-refractivity contribution < 1.29 is 33.4 Å². The van der Waals surface area contributed by atoms with Crippen LogP contribution in [0.15, 0.2) is 11.6 Å². The van der Waals surface area contributed by atoms with Crippen LogP contribution in [0.3, 0.4) is 0 Å². The van der Waals surface area contributed by atoms with E-state index in [1.165, 1.54) is 56.9 Å². The second-order valence-electron chi connectivity index (χ2n) is 22.3. The lowest BCUT2D eigenvalue weighted by atomic mass is 9.47. The topological polar surface area (TPSA) is 123 Å². The number of rotatable bonds is 18. The van der Waals surface area contributed by atoms with Crippen LogP contribution in [0.2, 0.25) is 0 Å². The number of fused-ring (bicyclic) bond motifs is 5. The van der Waals surface area contributed by atoms with Crippen molar-refractivity contribution in [2.75, 3.05) is 13.1 Å². The van der Waals surface area contributed by atoms with E-state index in [1.54, 1.807) is 4.90 Å². The molecule has 10 unspecified atom stereocenters. The Labute approximate surface area is 365 Å². The highest BCUT2D eigenvalue weighted by molar-refractivity contribution is 5.81. The summed E-state index contributed by atoms with van der Waals surface area (Å²) in [7, 11) is 0. The van der Waals surface area contributed by atoms with Gasteiger partial charge in [-0.25, -0.2) is 9.59 Å². The Hall–Kier alpha value is -2.78. The van der Waals surface area contributed by atoms with Gasteiger partial charge < -0.3 is 29.7 Å². The molecule has 0 saturated heterocycles. The van der Waals surface area contributed by atoms with Crippen molar-refractivity contribution in [1.82, 2.24) is 15.5 Å². The number of carbonyl (C=O) groups is 4. The zero-order chi connectivity index (χ0) is 44.6. The maximum atomic E-state index is 13.7. The average Bonchev–Trinajstić information content (AvgIpc) is 3.46. The molecular weight excluding hydrogens is 755 g/mol. The van der Waals surface area contributed by atoms with Crippen molar-refractivity contribution in [3.05, 3.63) is 11.6 Å². The molecule has 10 atom stereocenters. The summed E-state index contributed by atoms with van der Waals surface area (Å²) in [5.74, 6) is 4.33. The molecule has 10 heteroatoms. The summed E-state index contributed by atoms with van der Waals surface area (Å²) in [6.07, 6.45) is 17.3. The normalized spacial score (nSPS) is 29.2. The van der Waals surface area contributed by atoms with Gasteiger partial charge in [0.25, 0.3) is 0 Å². The molecule has 0 aromatic rings. The molecule has 4 aliphatic rings. The maximum Gasteiger partial charge on any atom is 0.407 e. The largest absolute Gasteiger partial charge is 0.462 e. The highest BCUT2D eigenvalue weighted by Crippen LogP contribution is 2.67. The van der Waals surface area contributed by atoms with E-state index in [1.807, 2.05) is 55.4 Å². The lowest BCUT2D eigenvalue weighted by Gasteiger charge is -2.58. The second-order valence-corrected chi connectivity index (χ2v) is 22.3. The summed E-state index contributed by atoms with van der Waals surface area (Å²) in [4.78, 5) is 53.5. The minimum atomic E-state index is -0.617. The summed E-state index contributed by atoms with van der Waals surface area (Å²) >= 11 is 0. The number of esters is 1. The fourth-order valence-electron chi connectivity index (χ4n) is 11.8. The lowest BCUT2D eigenvalue weighted by molar-refractivity contribution is -0.153. The fourth-order valence-corrected chi connectivity index (χ4v) is 11.8. The number of nitrogens with zero attached hydrogens (tertiary/aromatic N) is 1. The maximum absolute atomic E-state index is 13.7. The van der Waals surface area contributed by atoms with Gasteiger partial charge in [-0.3, -0.25) is 9.59 Å². The highest BCUT2D eigenvalue weighted by atomic mass is 16.6. The number of amides is 3. The highest BCUT2D eigenvalue weighted by Gasteiger charge is 2.58. The van der Waals surface area contributed by atoms with E-state index in [0.717, 1.165) is 55.3 Å². The molecule has 60 heavy (non-hydrogen) atoms. The van der Waals surface area contributed by atoms with Crippen molar-refractivity contribution >= 4 is 24.1 Å². The zero-order valence-corrected chi connectivity index (χ0v) is 40.3. The minimum absolute atomic E-state index is 0.0161. The van der Waals surface area contributed by atoms with E-state index in [-0.39, 0.29) is 48.3 Å². The molecule has 10 nitrogen and oxygen atoms in total. The molecule has 3 fully saturated rings. The van der Waals surface area contributed by atoms with Crippen LogP contribution in [0, 0.1) is 46.3 Å². The summed E-state index contributed by atoms with van der Waals surface area (Å²) in [6.45, 7) is 27.7. The van der Waals surface area contributed by atoms with Crippen LogP contribution in [0.5, 0.6) is 0 Å². The van der Waals surface area contributed by atoms with E-state index in [4.69, 9.17) is 14.2 Å². The molecule has 3 amide bonds. The second kappa shape index (κ2) is 21.1. The molecule has 0 radical (unpaired) electrons. The fraction of sp³-hybridized carbons (Fsp3) is 0.880. The molecule has 0 spiro atoms. The first-order valence-electron chi connectivity index (χ1n) is 24.1. The van der Waals surface area contributed by atoms with Crippen LogP contribution in [-0.2, 0) is 23.8 Å². The summed E-state index contributed by atoms with van der Waals surface area (Å²) in [5.41, 5.74) is 0.920. The summed E-state index contributed by atoms with van der Waals surface area (Å²) in [5, 5.41) is 5.70. The third kappa shape index (κ3) is 13.9. The molecule has 344 valence electrons. The Morgan fingerprint density at radius 2 is 1.40 bits per heavy atom. The van der Waals surface area contributed by atoms with Gasteiger partial charge in [0, 0.05) is 38.0 Å². The van der Waals surface area contributed by atoms with Crippen molar-refractivity contribution in [1.29, 1.82) is 0 Å². The number of carbonyl (C=O) groups excluding carboxylic acids is 4. The van der Waals surface area contributed by atoms with Gasteiger partial charge in [0.1, 0.15) is 17.3 Å². The quantitative estimate of drug-likeness (QED) is 0.0800. The van der Waals surface area contributed by atoms with E-state index < -0.39 is 23.4 Å². The molecule has 0 bridgehead atoms. The number of ether oxygens (including phenoxy) is 3. The van der Waals surface area contributed by atoms with Crippen LogP contribution in [0.4, 0.5) is 9.59 Å². The molecule has 3 saturated carbocycles. The van der Waals surface area contributed by atoms with Gasteiger partial charge in [0.15, 0.2) is 0 Å². The van der Waals surface area contributed by atoms with Crippen molar-refractivity contribution in [2.24, 2.45) is 46.3 Å². The average molecular weight is 842 g/mol. The minimum Gasteiger partial charge on any atom is -0.462 e. The van der Waals surface area contributed by atoms with E-state index >= 15 is 0 Å². The first-order valence-corrected chi connectivity index (χ1v) is 24.1. The number of hydrogen-bond acceptors (Lipinski definition) is 7. The van der Waals surface area contributed by atoms with E-state index in [0.29, 0.717) is 37.3 Å². The Morgan fingerprint density at radius 3 is 1.95 bits per heavy atom. The molecule has 4 aliphatic carbocycles. The standard InChI is InChI=1S/C50H87N3O7/c1-14-36(33(2)3)16-15-17-37-19-21-41-40-20-18-38-32-39(24-28-50(38,13)42(40)25-29-49(37,41)12)58-44(55)23-22-43(54)53(30-26-34(4)51-45(56)59-47(6,7)8)31-27-35(5)52-46(57)60-48(9,10)11/h18,33-37,39-42H,14-17,19-32H2,1-13H3,(H,51,56)(H,52,57). The molecule has 2 N–H and O–H groups in total. The van der Waals surface area contributed by atoms with Crippen molar-refractivity contribution in [2.45, 2.75) is 222 Å². The Balaban J connectivity index is 1.30. The lowest BCUT2D eigenvalue weighted by Crippen LogP contribution is -2.50. The summed E-state index contributed by atoms with van der Waals surface area (Å²) < 4.78 is 16.9. The van der Waals surface area contributed by atoms with Gasteiger partial charge in [0.05, 0.1) is 6.42 Å². The van der Waals surface area contributed by atoms with Crippen LogP contribution < -0.4 is 10.6 Å². The summed E-state index contributed by atoms with van der Waals surface area (Å²) in [6, 6.07) is -0.490. The van der Waals surface area contributed by atoms with E-state index in [2.05, 4.69) is 51.3 Å². The molecular formula is C50H87N3O7. The predicted octanol–water partition coefficient (Wildman–Crippen LogP) is 11.5. The smallest absolute Gasteiger partial charge is 0.407 e. The van der Waals surface area contributed by atoms with Crippen molar-refractivity contribution in [3.63, 3.8) is 0 Å². The van der Waals surface area contributed by atoms with Gasteiger partial charge in [0.2, 0.25) is 5.91 Å². The van der Waals surface area contributed by atoms with Crippen LogP contribution in [-0.4, -0.2) is 71.4 Å². The molecule has 0 heterocycles. The van der Waals surface area contributed by atoms with Crippen LogP contribution in [0.25, 0.3) is 0 Å². The van der Waals surface area contributed by atoms with Crippen LogP contribution >= 0.6 is 0 Å². The van der Waals surface area contributed by atoms with Crippen LogP contribution in [0.1, 0.15) is 193 Å². The van der Waals surface area contributed by atoms with Gasteiger partial charge >= 0.3 is 18.2 Å². The van der Waals surface area contributed by atoms with Crippen molar-refractivity contribution in [3.8, 4) is 0 Å². The molecule has 4 rings (SSSR count). The first-order chi connectivity index (χ1) is 27.9. The molecule has 0 aromatic carbocycles. The van der Waals surface area contributed by atoms with E-state index in [9.17, 15) is 19.2 Å². The van der Waals surface area contributed by atoms with Gasteiger partial charge in [-0.15, -0.1) is 0 Å². The monoisotopic (exact) mass is 842 g/mol. The number of nitrogens with one attached hydrogen (secondary N) is 2. The van der Waals surface area contributed by atoms with Gasteiger partial charge in [-0.1, -0.05) is 65.5 Å². The molecule has 0 aliphatic heterocycles. The third-order valence-electron chi connectivity index (χ3n) is 15.2. The Bertz CT molecular complexity index is 1440. The zero-order valence-electron chi connectivity index (χ0n) is 40.3.